The molecule has 0 saturated heterocycles. The molecule has 0 fully saturated rings. The quantitative estimate of drug-likeness (QED) is 0.511. The summed E-state index contributed by atoms with van der Waals surface area (Å²) in [6.45, 7) is 0.831. The molecule has 0 spiro atoms. The van der Waals surface area contributed by atoms with Gasteiger partial charge < -0.3 is 9.05 Å². The summed E-state index contributed by atoms with van der Waals surface area (Å²) in [4.78, 5) is 0. The summed E-state index contributed by atoms with van der Waals surface area (Å²) in [5.74, 6) is 0.853. The van der Waals surface area contributed by atoms with Crippen LogP contribution in [-0.4, -0.2) is 25.0 Å². The molecular weight excluding hydrogens is 217 g/mol. The van der Waals surface area contributed by atoms with E-state index in [-0.39, 0.29) is 0 Å². The highest BCUT2D eigenvalue weighted by Crippen LogP contribution is 2.43. The first-order chi connectivity index (χ1) is 4.81. The highest BCUT2D eigenvalue weighted by molar-refractivity contribution is 7.76. The highest BCUT2D eigenvalue weighted by Gasteiger charge is 2.03. The average molecular weight is 225 g/mol. The molecule has 0 bridgehead atoms. The first-order valence-electron chi connectivity index (χ1n) is 2.65. The van der Waals surface area contributed by atoms with Gasteiger partial charge in [0.05, 0.1) is 13.2 Å². The van der Waals surface area contributed by atoms with Crippen molar-refractivity contribution < 1.29 is 9.05 Å². The molecule has 0 saturated carbocycles. The molecular formula is C4H8Cl3O2P. The molecule has 0 aromatic heterocycles. The average Bonchev–Trinajstić information content (AvgIpc) is 1.97. The van der Waals surface area contributed by atoms with E-state index >= 15 is 0 Å². The molecule has 0 heterocycles. The summed E-state index contributed by atoms with van der Waals surface area (Å²) in [7, 11) is -1.29. The molecule has 6 heteroatoms. The van der Waals surface area contributed by atoms with E-state index in [1.165, 1.54) is 0 Å². The van der Waals surface area contributed by atoms with Crippen molar-refractivity contribution in [3.8, 4) is 0 Å². The molecule has 0 atom stereocenters. The predicted molar refractivity (Wildman–Crippen MR) is 46.1 cm³/mol. The van der Waals surface area contributed by atoms with Crippen molar-refractivity contribution in [1.29, 1.82) is 0 Å². The molecule has 0 aliphatic carbocycles. The fraction of sp³-hybridized carbons (Fsp3) is 1.00. The zero-order chi connectivity index (χ0) is 7.82. The van der Waals surface area contributed by atoms with Crippen molar-refractivity contribution in [2.24, 2.45) is 0 Å². The maximum absolute atomic E-state index is 5.54. The van der Waals surface area contributed by atoms with Crippen molar-refractivity contribution in [3.05, 3.63) is 0 Å². The van der Waals surface area contributed by atoms with Crippen LogP contribution in [0.5, 0.6) is 0 Å². The van der Waals surface area contributed by atoms with E-state index in [9.17, 15) is 0 Å². The number of hydrogen-bond acceptors (Lipinski definition) is 2. The Kier molecular flexibility index (Phi) is 9.33. The molecule has 0 aromatic rings. The Labute approximate surface area is 76.4 Å². The van der Waals surface area contributed by atoms with E-state index in [1.54, 1.807) is 0 Å². The number of halogens is 3. The second-order valence-electron chi connectivity index (χ2n) is 1.26. The fourth-order valence-corrected chi connectivity index (χ4v) is 1.58. The highest BCUT2D eigenvalue weighted by atomic mass is 35.7. The van der Waals surface area contributed by atoms with Gasteiger partial charge in [0, 0.05) is 11.8 Å². The summed E-state index contributed by atoms with van der Waals surface area (Å²) < 4.78 is 9.82. The van der Waals surface area contributed by atoms with Crippen LogP contribution < -0.4 is 0 Å². The lowest BCUT2D eigenvalue weighted by Crippen LogP contribution is -1.92. The van der Waals surface area contributed by atoms with Gasteiger partial charge in [0.25, 0.3) is 7.73 Å². The lowest BCUT2D eigenvalue weighted by atomic mass is 10.9. The van der Waals surface area contributed by atoms with Crippen LogP contribution in [0.4, 0.5) is 0 Å². The zero-order valence-electron chi connectivity index (χ0n) is 5.23. The van der Waals surface area contributed by atoms with Gasteiger partial charge in [-0.05, 0) is 11.2 Å². The third-order valence-corrected chi connectivity index (χ3v) is 2.21. The second kappa shape index (κ2) is 8.32. The van der Waals surface area contributed by atoms with Crippen LogP contribution in [0.3, 0.4) is 0 Å². The van der Waals surface area contributed by atoms with Crippen LogP contribution in [0.1, 0.15) is 0 Å². The normalized spacial score (nSPS) is 10.8. The van der Waals surface area contributed by atoms with Gasteiger partial charge in [-0.15, -0.1) is 23.2 Å². The van der Waals surface area contributed by atoms with Crippen LogP contribution in [0, 0.1) is 0 Å². The molecule has 10 heavy (non-hydrogen) atoms. The van der Waals surface area contributed by atoms with Crippen molar-refractivity contribution in [3.63, 3.8) is 0 Å². The Morgan fingerprint density at radius 3 is 1.70 bits per heavy atom. The van der Waals surface area contributed by atoms with Crippen LogP contribution in [0.15, 0.2) is 0 Å². The fourth-order valence-electron chi connectivity index (χ4n) is 0.250. The minimum atomic E-state index is -1.29. The van der Waals surface area contributed by atoms with Crippen molar-refractivity contribution >= 4 is 42.2 Å². The first-order valence-corrected chi connectivity index (χ1v) is 5.80. The standard InChI is InChI=1S/C4H8Cl3O2P/c5-1-3-8-10(7)9-4-2-6/h1-4H2. The van der Waals surface area contributed by atoms with E-state index in [0.717, 1.165) is 0 Å². The third kappa shape index (κ3) is 7.33. The molecule has 0 unspecified atom stereocenters. The Bertz CT molecular complexity index is 67.5. The maximum atomic E-state index is 5.54. The molecule has 0 amide bonds. The van der Waals surface area contributed by atoms with Gasteiger partial charge in [0.1, 0.15) is 0 Å². The van der Waals surface area contributed by atoms with E-state index in [4.69, 9.17) is 43.5 Å². The van der Waals surface area contributed by atoms with Crippen molar-refractivity contribution in [1.82, 2.24) is 0 Å². The summed E-state index contributed by atoms with van der Waals surface area (Å²) in [5.41, 5.74) is 0. The van der Waals surface area contributed by atoms with Crippen LogP contribution in [0.2, 0.25) is 0 Å². The molecule has 0 aliphatic heterocycles. The van der Waals surface area contributed by atoms with Gasteiger partial charge in [-0.2, -0.15) is 0 Å². The lowest BCUT2D eigenvalue weighted by molar-refractivity contribution is 0.284. The van der Waals surface area contributed by atoms with Crippen LogP contribution in [-0.2, 0) is 9.05 Å². The number of rotatable bonds is 6. The maximum Gasteiger partial charge on any atom is 0.276 e. The van der Waals surface area contributed by atoms with Crippen LogP contribution >= 0.6 is 42.2 Å². The molecule has 2 nitrogen and oxygen atoms in total. The largest absolute Gasteiger partial charge is 0.321 e. The summed E-state index contributed by atoms with van der Waals surface area (Å²) in [6.07, 6.45) is 0. The van der Waals surface area contributed by atoms with Gasteiger partial charge in [-0.1, -0.05) is 0 Å². The van der Waals surface area contributed by atoms with Gasteiger partial charge in [-0.25, -0.2) is 0 Å². The molecule has 62 valence electrons. The van der Waals surface area contributed by atoms with Gasteiger partial charge in [-0.3, -0.25) is 0 Å². The summed E-state index contributed by atoms with van der Waals surface area (Å²) in [6, 6.07) is 0. The second-order valence-corrected chi connectivity index (χ2v) is 3.78. The van der Waals surface area contributed by atoms with Gasteiger partial charge in [0.2, 0.25) is 0 Å². The Hall–Kier alpha value is 1.22. The topological polar surface area (TPSA) is 18.5 Å². The van der Waals surface area contributed by atoms with Gasteiger partial charge >= 0.3 is 0 Å². The van der Waals surface area contributed by atoms with E-state index in [2.05, 4.69) is 0 Å². The smallest absolute Gasteiger partial charge is 0.276 e. The summed E-state index contributed by atoms with van der Waals surface area (Å²) in [5, 5.41) is 0. The van der Waals surface area contributed by atoms with Crippen molar-refractivity contribution in [2.45, 2.75) is 0 Å². The Morgan fingerprint density at radius 1 is 1.00 bits per heavy atom. The lowest BCUT2D eigenvalue weighted by Gasteiger charge is -2.06. The SMILES string of the molecule is ClCCOP(Cl)OCCCl. The first kappa shape index (κ1) is 11.2. The molecule has 0 N–H and O–H groups in total. The number of alkyl halides is 2. The van der Waals surface area contributed by atoms with Gasteiger partial charge in [0.15, 0.2) is 0 Å². The monoisotopic (exact) mass is 224 g/mol. The minimum absolute atomic E-state index is 0.416. The third-order valence-electron chi connectivity index (χ3n) is 0.540. The van der Waals surface area contributed by atoms with E-state index in [0.29, 0.717) is 25.0 Å². The van der Waals surface area contributed by atoms with Crippen LogP contribution in [0.25, 0.3) is 0 Å². The molecule has 0 aromatic carbocycles. The predicted octanol–water partition coefficient (Wildman–Crippen LogP) is 2.96. The van der Waals surface area contributed by atoms with Crippen molar-refractivity contribution in [2.75, 3.05) is 25.0 Å². The van der Waals surface area contributed by atoms with E-state index < -0.39 is 7.73 Å². The van der Waals surface area contributed by atoms with E-state index in [1.807, 2.05) is 0 Å². The zero-order valence-corrected chi connectivity index (χ0v) is 8.39. The Morgan fingerprint density at radius 2 is 1.40 bits per heavy atom. The molecule has 0 radical (unpaired) electrons. The summed E-state index contributed by atoms with van der Waals surface area (Å²) >= 11 is 16.2. The Balaban J connectivity index is 3.00. The molecule has 0 rings (SSSR count). The minimum Gasteiger partial charge on any atom is -0.321 e. The molecule has 0 aliphatic rings. The number of hydrogen-bond donors (Lipinski definition) is 0.